The summed E-state index contributed by atoms with van der Waals surface area (Å²) >= 11 is 0. The molecule has 0 aromatic rings. The molecule has 2 rings (SSSR count). The summed E-state index contributed by atoms with van der Waals surface area (Å²) in [6, 6.07) is 0. The van der Waals surface area contributed by atoms with Gasteiger partial charge in [-0.15, -0.1) is 0 Å². The number of hydrogen-bond acceptors (Lipinski definition) is 2. The fraction of sp³-hybridized carbons (Fsp3) is 1.00. The van der Waals surface area contributed by atoms with E-state index in [2.05, 4.69) is 27.7 Å². The van der Waals surface area contributed by atoms with Crippen LogP contribution >= 0.6 is 0 Å². The van der Waals surface area contributed by atoms with Crippen LogP contribution in [0.25, 0.3) is 0 Å². The summed E-state index contributed by atoms with van der Waals surface area (Å²) in [5.41, 5.74) is 6.00. The molecule has 19 heavy (non-hydrogen) atoms. The second-order valence-electron chi connectivity index (χ2n) is 8.36. The van der Waals surface area contributed by atoms with Gasteiger partial charge in [-0.25, -0.2) is 0 Å². The Labute approximate surface area is 119 Å². The second kappa shape index (κ2) is 5.04. The van der Waals surface area contributed by atoms with Gasteiger partial charge in [0.1, 0.15) is 0 Å². The smallest absolute Gasteiger partial charge is 0.0741 e. The van der Waals surface area contributed by atoms with Crippen LogP contribution in [0.4, 0.5) is 0 Å². The normalized spacial score (nSPS) is 47.1. The van der Waals surface area contributed by atoms with E-state index in [9.17, 15) is 5.11 Å². The van der Waals surface area contributed by atoms with Gasteiger partial charge >= 0.3 is 0 Å². The average Bonchev–Trinajstić information content (AvgIpc) is 2.35. The van der Waals surface area contributed by atoms with Gasteiger partial charge in [0.2, 0.25) is 0 Å². The molecule has 0 amide bonds. The number of rotatable bonds is 2. The maximum Gasteiger partial charge on any atom is 0.0741 e. The van der Waals surface area contributed by atoms with Crippen molar-refractivity contribution in [1.82, 2.24) is 0 Å². The first kappa shape index (κ1) is 15.3. The van der Waals surface area contributed by atoms with Gasteiger partial charge in [0.05, 0.1) is 5.60 Å². The molecule has 2 aliphatic carbocycles. The average molecular weight is 267 g/mol. The Morgan fingerprint density at radius 1 is 1.05 bits per heavy atom. The molecule has 2 atom stereocenters. The van der Waals surface area contributed by atoms with Crippen LogP contribution in [0.3, 0.4) is 0 Å². The fourth-order valence-electron chi connectivity index (χ4n) is 4.79. The minimum atomic E-state index is -0.530. The third kappa shape index (κ3) is 2.58. The molecule has 2 unspecified atom stereocenters. The van der Waals surface area contributed by atoms with Gasteiger partial charge in [-0.3, -0.25) is 0 Å². The third-order valence-corrected chi connectivity index (χ3v) is 6.40. The molecule has 2 heteroatoms. The molecule has 2 fully saturated rings. The van der Waals surface area contributed by atoms with E-state index in [1.54, 1.807) is 0 Å². The van der Waals surface area contributed by atoms with Gasteiger partial charge in [0.15, 0.2) is 0 Å². The molecule has 0 heterocycles. The first-order valence-electron chi connectivity index (χ1n) is 8.17. The second-order valence-corrected chi connectivity index (χ2v) is 8.36. The lowest BCUT2D eigenvalue weighted by molar-refractivity contribution is -0.171. The van der Waals surface area contributed by atoms with Crippen LogP contribution in [0, 0.1) is 22.7 Å². The Morgan fingerprint density at radius 2 is 1.63 bits per heavy atom. The third-order valence-electron chi connectivity index (χ3n) is 6.40. The van der Waals surface area contributed by atoms with Gasteiger partial charge in [0, 0.05) is 12.0 Å². The van der Waals surface area contributed by atoms with E-state index in [-0.39, 0.29) is 5.41 Å². The maximum absolute atomic E-state index is 11.5. The van der Waals surface area contributed by atoms with Gasteiger partial charge in [-0.05, 0) is 49.4 Å². The molecule has 2 aliphatic rings. The lowest BCUT2D eigenvalue weighted by Crippen LogP contribution is -2.60. The van der Waals surface area contributed by atoms with Crippen molar-refractivity contribution in [1.29, 1.82) is 0 Å². The van der Waals surface area contributed by atoms with E-state index in [1.165, 1.54) is 12.8 Å². The lowest BCUT2D eigenvalue weighted by Gasteiger charge is -2.57. The van der Waals surface area contributed by atoms with E-state index in [4.69, 9.17) is 5.73 Å². The van der Waals surface area contributed by atoms with Crippen molar-refractivity contribution in [2.75, 3.05) is 6.54 Å². The number of nitrogens with two attached hydrogens (primary N) is 1. The molecule has 2 saturated carbocycles. The standard InChI is InChI=1S/C17H33NO/c1-13-5-7-16(12-18,8-6-13)17(19)10-9-15(3,4)11-14(17)2/h13-14,19H,5-12,18H2,1-4H3. The van der Waals surface area contributed by atoms with E-state index in [0.717, 1.165) is 38.0 Å². The number of aliphatic hydroxyl groups is 1. The van der Waals surface area contributed by atoms with E-state index >= 15 is 0 Å². The van der Waals surface area contributed by atoms with Crippen molar-refractivity contribution in [3.05, 3.63) is 0 Å². The Balaban J connectivity index is 2.22. The van der Waals surface area contributed by atoms with E-state index < -0.39 is 5.60 Å². The monoisotopic (exact) mass is 267 g/mol. The Hall–Kier alpha value is -0.0800. The molecular weight excluding hydrogens is 234 g/mol. The SMILES string of the molecule is CC1CCC(CN)(C2(O)CCC(C)(C)CC2C)CC1. The summed E-state index contributed by atoms with van der Waals surface area (Å²) in [4.78, 5) is 0. The molecule has 112 valence electrons. The molecular formula is C17H33NO. The van der Waals surface area contributed by atoms with E-state index in [1.807, 2.05) is 0 Å². The van der Waals surface area contributed by atoms with Crippen molar-refractivity contribution >= 4 is 0 Å². The molecule has 0 aromatic carbocycles. The lowest BCUT2D eigenvalue weighted by atomic mass is 9.52. The molecule has 0 spiro atoms. The molecule has 0 aliphatic heterocycles. The predicted molar refractivity (Wildman–Crippen MR) is 80.9 cm³/mol. The summed E-state index contributed by atoms with van der Waals surface area (Å²) in [6.45, 7) is 9.90. The van der Waals surface area contributed by atoms with Crippen LogP contribution in [0.5, 0.6) is 0 Å². The molecule has 3 N–H and O–H groups in total. The highest BCUT2D eigenvalue weighted by Crippen LogP contribution is 2.56. The molecule has 0 saturated heterocycles. The molecule has 0 aromatic heterocycles. The summed E-state index contributed by atoms with van der Waals surface area (Å²) in [5.74, 6) is 1.17. The zero-order valence-corrected chi connectivity index (χ0v) is 13.3. The predicted octanol–water partition coefficient (Wildman–Crippen LogP) is 3.72. The van der Waals surface area contributed by atoms with Gasteiger partial charge in [0.25, 0.3) is 0 Å². The van der Waals surface area contributed by atoms with Crippen LogP contribution in [0.1, 0.15) is 72.6 Å². The summed E-state index contributed by atoms with van der Waals surface area (Å²) in [7, 11) is 0. The maximum atomic E-state index is 11.5. The quantitative estimate of drug-likeness (QED) is 0.801. The van der Waals surface area contributed by atoms with Crippen LogP contribution in [0.2, 0.25) is 0 Å². The highest BCUT2D eigenvalue weighted by Gasteiger charge is 2.55. The molecule has 2 nitrogen and oxygen atoms in total. The van der Waals surface area contributed by atoms with Gasteiger partial charge in [-0.1, -0.05) is 40.5 Å². The van der Waals surface area contributed by atoms with Crippen LogP contribution < -0.4 is 5.73 Å². The van der Waals surface area contributed by atoms with Crippen LogP contribution in [0.15, 0.2) is 0 Å². The first-order chi connectivity index (χ1) is 8.75. The molecule has 0 bridgehead atoms. The fourth-order valence-corrected chi connectivity index (χ4v) is 4.79. The summed E-state index contributed by atoms with van der Waals surface area (Å²) in [5, 5.41) is 11.5. The Kier molecular flexibility index (Phi) is 4.06. The van der Waals surface area contributed by atoms with Crippen molar-refractivity contribution < 1.29 is 5.11 Å². The Morgan fingerprint density at radius 3 is 2.11 bits per heavy atom. The zero-order valence-electron chi connectivity index (χ0n) is 13.3. The van der Waals surface area contributed by atoms with Crippen molar-refractivity contribution in [2.24, 2.45) is 28.4 Å². The van der Waals surface area contributed by atoms with Crippen LogP contribution in [-0.4, -0.2) is 17.3 Å². The Bertz CT molecular complexity index is 317. The number of hydrogen-bond donors (Lipinski definition) is 2. The highest BCUT2D eigenvalue weighted by molar-refractivity contribution is 5.07. The largest absolute Gasteiger partial charge is 0.389 e. The highest BCUT2D eigenvalue weighted by atomic mass is 16.3. The van der Waals surface area contributed by atoms with E-state index in [0.29, 0.717) is 17.9 Å². The van der Waals surface area contributed by atoms with Gasteiger partial charge in [-0.2, -0.15) is 0 Å². The van der Waals surface area contributed by atoms with Crippen molar-refractivity contribution in [3.63, 3.8) is 0 Å². The minimum absolute atomic E-state index is 0.0184. The van der Waals surface area contributed by atoms with Crippen LogP contribution in [-0.2, 0) is 0 Å². The minimum Gasteiger partial charge on any atom is -0.389 e. The topological polar surface area (TPSA) is 46.2 Å². The molecule has 0 radical (unpaired) electrons. The van der Waals surface area contributed by atoms with Crippen molar-refractivity contribution in [2.45, 2.75) is 78.2 Å². The summed E-state index contributed by atoms with van der Waals surface area (Å²) < 4.78 is 0. The van der Waals surface area contributed by atoms with Gasteiger partial charge < -0.3 is 10.8 Å². The summed E-state index contributed by atoms with van der Waals surface area (Å²) in [6.07, 6.45) is 7.89. The van der Waals surface area contributed by atoms with Crippen molar-refractivity contribution in [3.8, 4) is 0 Å². The zero-order chi connectivity index (χ0) is 14.3. The first-order valence-corrected chi connectivity index (χ1v) is 8.17.